The Kier molecular flexibility index (Phi) is 7.58. The van der Waals surface area contributed by atoms with Gasteiger partial charge in [-0.15, -0.1) is 0 Å². The van der Waals surface area contributed by atoms with E-state index in [4.69, 9.17) is 0 Å². The fourth-order valence-electron chi connectivity index (χ4n) is 1.50. The third-order valence-corrected chi connectivity index (χ3v) is 5.18. The fraction of sp³-hybridized carbons (Fsp3) is 1.00. The highest BCUT2D eigenvalue weighted by Crippen LogP contribution is 2.41. The highest BCUT2D eigenvalue weighted by atomic mass is 31.2. The van der Waals surface area contributed by atoms with Gasteiger partial charge in [-0.3, -0.25) is 0 Å². The predicted molar refractivity (Wildman–Crippen MR) is 66.0 cm³/mol. The third-order valence-electron chi connectivity index (χ3n) is 2.77. The molecule has 14 heavy (non-hydrogen) atoms. The summed E-state index contributed by atoms with van der Waals surface area (Å²) < 4.78 is 12.1. The molecule has 0 saturated heterocycles. The largest absolute Gasteiger partial charge is 0.324 e. The molecule has 0 fully saturated rings. The molecular formula is C11H26NOP. The van der Waals surface area contributed by atoms with Crippen LogP contribution in [0, 0.1) is 0 Å². The molecule has 3 heteroatoms. The lowest BCUT2D eigenvalue weighted by molar-refractivity contribution is 0.321. The molecule has 0 radical (unpaired) electrons. The van der Waals surface area contributed by atoms with Crippen LogP contribution in [0.25, 0.3) is 0 Å². The van der Waals surface area contributed by atoms with Gasteiger partial charge in [-0.25, -0.2) is 0 Å². The number of unbranched alkanes of at least 4 members (excludes halogenated alkanes) is 1. The van der Waals surface area contributed by atoms with Crippen molar-refractivity contribution in [2.24, 2.45) is 0 Å². The second kappa shape index (κ2) is 7.48. The zero-order chi connectivity index (χ0) is 11.0. The minimum absolute atomic E-state index is 0.897. The lowest BCUT2D eigenvalue weighted by Gasteiger charge is -2.20. The van der Waals surface area contributed by atoms with E-state index in [1.54, 1.807) is 0 Å². The smallest absolute Gasteiger partial charge is 0.0860 e. The highest BCUT2D eigenvalue weighted by molar-refractivity contribution is 7.63. The molecule has 1 unspecified atom stereocenters. The molecule has 0 rings (SSSR count). The highest BCUT2D eigenvalue weighted by Gasteiger charge is 2.15. The fourth-order valence-corrected chi connectivity index (χ4v) is 3.41. The Morgan fingerprint density at radius 3 is 2.07 bits per heavy atom. The van der Waals surface area contributed by atoms with Crippen molar-refractivity contribution in [3.63, 3.8) is 0 Å². The van der Waals surface area contributed by atoms with Crippen molar-refractivity contribution in [2.45, 2.75) is 33.6 Å². The summed E-state index contributed by atoms with van der Waals surface area (Å²) in [5, 5.41) is 0. The molecule has 0 saturated carbocycles. The Balaban J connectivity index is 3.79. The average molecular weight is 219 g/mol. The Hall–Kier alpha value is 0.190. The summed E-state index contributed by atoms with van der Waals surface area (Å²) >= 11 is 0. The molecule has 0 aromatic carbocycles. The van der Waals surface area contributed by atoms with Crippen molar-refractivity contribution in [3.05, 3.63) is 0 Å². The van der Waals surface area contributed by atoms with Crippen LogP contribution in [0.5, 0.6) is 0 Å². The van der Waals surface area contributed by atoms with Gasteiger partial charge < -0.3 is 9.46 Å². The maximum absolute atomic E-state index is 12.1. The van der Waals surface area contributed by atoms with Crippen molar-refractivity contribution in [1.82, 2.24) is 4.90 Å². The molecule has 0 heterocycles. The maximum Gasteiger partial charge on any atom is 0.0860 e. The summed E-state index contributed by atoms with van der Waals surface area (Å²) in [6, 6.07) is 0. The first-order chi connectivity index (χ1) is 6.55. The number of rotatable bonds is 8. The molecule has 0 aliphatic carbocycles. The van der Waals surface area contributed by atoms with Crippen LogP contribution in [-0.2, 0) is 4.57 Å². The van der Waals surface area contributed by atoms with Crippen LogP contribution in [0.4, 0.5) is 0 Å². The molecule has 0 aliphatic rings. The van der Waals surface area contributed by atoms with Crippen molar-refractivity contribution >= 4 is 7.14 Å². The molecule has 2 nitrogen and oxygen atoms in total. The molecule has 0 aromatic rings. The second-order valence-corrected chi connectivity index (χ2v) is 7.61. The van der Waals surface area contributed by atoms with Crippen LogP contribution < -0.4 is 0 Å². The monoisotopic (exact) mass is 219 g/mol. The first kappa shape index (κ1) is 14.2. The topological polar surface area (TPSA) is 20.3 Å². The molecule has 0 N–H and O–H groups in total. The average Bonchev–Trinajstić information content (AvgIpc) is 2.16. The summed E-state index contributed by atoms with van der Waals surface area (Å²) in [6.45, 7) is 11.6. The van der Waals surface area contributed by atoms with Crippen LogP contribution in [0.1, 0.15) is 33.6 Å². The van der Waals surface area contributed by atoms with E-state index in [9.17, 15) is 4.57 Å². The Labute approximate surface area is 89.4 Å². The van der Waals surface area contributed by atoms with Crippen molar-refractivity contribution in [2.75, 3.05) is 38.6 Å². The van der Waals surface area contributed by atoms with E-state index < -0.39 is 7.14 Å². The van der Waals surface area contributed by atoms with Gasteiger partial charge in [0.05, 0.1) is 7.14 Å². The van der Waals surface area contributed by atoms with Gasteiger partial charge in [-0.2, -0.15) is 0 Å². The SMILES string of the molecule is CCCCP(C)(=O)CCN(CC)CC. The Morgan fingerprint density at radius 2 is 1.64 bits per heavy atom. The number of hydrogen-bond donors (Lipinski definition) is 0. The minimum Gasteiger partial charge on any atom is -0.324 e. The first-order valence-corrected chi connectivity index (χ1v) is 8.36. The maximum atomic E-state index is 12.1. The van der Waals surface area contributed by atoms with Crippen molar-refractivity contribution in [1.29, 1.82) is 0 Å². The molecule has 0 bridgehead atoms. The quantitative estimate of drug-likeness (QED) is 0.585. The van der Waals surface area contributed by atoms with Gasteiger partial charge in [0.1, 0.15) is 0 Å². The van der Waals surface area contributed by atoms with E-state index >= 15 is 0 Å². The van der Waals surface area contributed by atoms with E-state index in [0.29, 0.717) is 0 Å². The predicted octanol–water partition coefficient (Wildman–Crippen LogP) is 3.12. The molecule has 0 aliphatic heterocycles. The van der Waals surface area contributed by atoms with Gasteiger partial charge in [0.25, 0.3) is 0 Å². The van der Waals surface area contributed by atoms with E-state index in [1.165, 1.54) is 0 Å². The van der Waals surface area contributed by atoms with E-state index in [2.05, 4.69) is 25.7 Å². The minimum atomic E-state index is -1.83. The Morgan fingerprint density at radius 1 is 1.07 bits per heavy atom. The van der Waals surface area contributed by atoms with Crippen LogP contribution in [0.3, 0.4) is 0 Å². The van der Waals surface area contributed by atoms with Gasteiger partial charge in [-0.05, 0) is 26.2 Å². The molecule has 86 valence electrons. The zero-order valence-electron chi connectivity index (χ0n) is 10.3. The summed E-state index contributed by atoms with van der Waals surface area (Å²) in [7, 11) is -1.83. The molecule has 0 amide bonds. The van der Waals surface area contributed by atoms with Gasteiger partial charge in [-0.1, -0.05) is 27.2 Å². The van der Waals surface area contributed by atoms with E-state index in [-0.39, 0.29) is 0 Å². The lowest BCUT2D eigenvalue weighted by Crippen LogP contribution is -2.26. The second-order valence-electron chi connectivity index (χ2n) is 4.12. The summed E-state index contributed by atoms with van der Waals surface area (Å²) in [4.78, 5) is 2.35. The van der Waals surface area contributed by atoms with Crippen molar-refractivity contribution < 1.29 is 4.57 Å². The van der Waals surface area contributed by atoms with Crippen LogP contribution >= 0.6 is 7.14 Å². The molecule has 0 spiro atoms. The van der Waals surface area contributed by atoms with Gasteiger partial charge in [0.15, 0.2) is 0 Å². The van der Waals surface area contributed by atoms with E-state index in [1.807, 2.05) is 6.66 Å². The van der Waals surface area contributed by atoms with Gasteiger partial charge >= 0.3 is 0 Å². The summed E-state index contributed by atoms with van der Waals surface area (Å²) in [5.41, 5.74) is 0. The summed E-state index contributed by atoms with van der Waals surface area (Å²) in [6.07, 6.45) is 4.11. The number of hydrogen-bond acceptors (Lipinski definition) is 2. The lowest BCUT2D eigenvalue weighted by atomic mass is 10.4. The van der Waals surface area contributed by atoms with Crippen LogP contribution in [0.15, 0.2) is 0 Å². The zero-order valence-corrected chi connectivity index (χ0v) is 11.1. The third kappa shape index (κ3) is 6.62. The molecular weight excluding hydrogens is 193 g/mol. The van der Waals surface area contributed by atoms with Crippen LogP contribution in [-0.4, -0.2) is 43.5 Å². The Bertz CT molecular complexity index is 178. The molecule has 0 aromatic heterocycles. The van der Waals surface area contributed by atoms with Crippen molar-refractivity contribution in [3.8, 4) is 0 Å². The summed E-state index contributed by atoms with van der Waals surface area (Å²) in [5.74, 6) is 0. The molecule has 1 atom stereocenters. The van der Waals surface area contributed by atoms with Gasteiger partial charge in [0.2, 0.25) is 0 Å². The van der Waals surface area contributed by atoms with Gasteiger partial charge in [0, 0.05) is 18.9 Å². The standard InChI is InChI=1S/C11H26NOP/c1-5-8-10-14(4,13)11-9-12(6-2)7-3/h5-11H2,1-4H3. The number of nitrogens with zero attached hydrogens (tertiary/aromatic N) is 1. The van der Waals surface area contributed by atoms with Crippen LogP contribution in [0.2, 0.25) is 0 Å². The normalized spacial score (nSPS) is 15.8. The van der Waals surface area contributed by atoms with E-state index in [0.717, 1.165) is 44.8 Å². The first-order valence-electron chi connectivity index (χ1n) is 5.83.